The molecule has 5 heteroatoms. The lowest BCUT2D eigenvalue weighted by atomic mass is 9.98. The molecule has 0 aromatic heterocycles. The van der Waals surface area contributed by atoms with Crippen molar-refractivity contribution in [1.29, 1.82) is 0 Å². The first-order valence-corrected chi connectivity index (χ1v) is 9.71. The summed E-state index contributed by atoms with van der Waals surface area (Å²) in [5.41, 5.74) is 0.989. The van der Waals surface area contributed by atoms with Crippen molar-refractivity contribution in [3.05, 3.63) is 35.6 Å². The largest absolute Gasteiger partial charge is 0.335 e. The average molecular weight is 345 g/mol. The predicted octanol–water partition coefficient (Wildman–Crippen LogP) is 3.37. The van der Waals surface area contributed by atoms with Crippen LogP contribution in [-0.2, 0) is 6.54 Å². The number of hydrogen-bond donors (Lipinski definition) is 1. The van der Waals surface area contributed by atoms with Crippen LogP contribution in [0.1, 0.15) is 44.1 Å². The molecule has 0 radical (unpaired) electrons. The van der Waals surface area contributed by atoms with Crippen molar-refractivity contribution in [3.8, 4) is 0 Å². The van der Waals surface area contributed by atoms with Crippen LogP contribution in [0.2, 0.25) is 0 Å². The van der Waals surface area contributed by atoms with Crippen LogP contribution >= 0.6 is 0 Å². The Morgan fingerprint density at radius 3 is 2.72 bits per heavy atom. The molecule has 3 fully saturated rings. The minimum atomic E-state index is -0.231. The highest BCUT2D eigenvalue weighted by molar-refractivity contribution is 5.74. The lowest BCUT2D eigenvalue weighted by Gasteiger charge is -2.36. The first-order chi connectivity index (χ1) is 12.2. The summed E-state index contributed by atoms with van der Waals surface area (Å²) in [6, 6.07) is 7.50. The number of fused-ring (bicyclic) bond motifs is 1. The summed E-state index contributed by atoms with van der Waals surface area (Å²) in [5.74, 6) is 0.410. The number of piperidine rings is 1. The molecule has 1 saturated carbocycles. The van der Waals surface area contributed by atoms with Gasteiger partial charge in [-0.3, -0.25) is 0 Å². The first kappa shape index (κ1) is 16.8. The van der Waals surface area contributed by atoms with Crippen LogP contribution in [0.3, 0.4) is 0 Å². The normalized spacial score (nSPS) is 26.3. The number of carbonyl (C=O) groups is 1. The molecule has 4 rings (SSSR count). The van der Waals surface area contributed by atoms with Gasteiger partial charge in [0.15, 0.2) is 0 Å². The van der Waals surface area contributed by atoms with E-state index in [9.17, 15) is 9.18 Å². The van der Waals surface area contributed by atoms with E-state index in [1.165, 1.54) is 44.4 Å². The molecule has 1 aliphatic carbocycles. The van der Waals surface area contributed by atoms with Crippen LogP contribution in [0.15, 0.2) is 24.3 Å². The Kier molecular flexibility index (Phi) is 4.93. The summed E-state index contributed by atoms with van der Waals surface area (Å²) in [6.07, 6.45) is 7.13. The van der Waals surface area contributed by atoms with Crippen molar-refractivity contribution in [2.75, 3.05) is 19.6 Å². The predicted molar refractivity (Wildman–Crippen MR) is 95.7 cm³/mol. The SMILES string of the molecule is O=C(NC1CCN2CCCC2C1)N(Cc1ccc(F)cc1)CC1CC1. The van der Waals surface area contributed by atoms with Gasteiger partial charge in [-0.05, 0) is 68.7 Å². The van der Waals surface area contributed by atoms with E-state index in [0.29, 0.717) is 24.5 Å². The van der Waals surface area contributed by atoms with Gasteiger partial charge in [0.1, 0.15) is 5.82 Å². The van der Waals surface area contributed by atoms with Crippen LogP contribution < -0.4 is 5.32 Å². The van der Waals surface area contributed by atoms with E-state index in [1.807, 2.05) is 4.90 Å². The maximum Gasteiger partial charge on any atom is 0.317 e. The minimum absolute atomic E-state index is 0.0488. The molecule has 25 heavy (non-hydrogen) atoms. The highest BCUT2D eigenvalue weighted by Gasteiger charge is 2.33. The van der Waals surface area contributed by atoms with E-state index >= 15 is 0 Å². The number of carbonyl (C=O) groups excluding carboxylic acids is 1. The zero-order chi connectivity index (χ0) is 17.2. The second kappa shape index (κ2) is 7.32. The maximum absolute atomic E-state index is 13.1. The number of halogens is 1. The standard InChI is InChI=1S/C20H28FN3O/c21-17-7-5-16(6-8-17)14-24(13-15-3-4-15)20(25)22-18-9-11-23-10-1-2-19(23)12-18/h5-8,15,18-19H,1-4,9-14H2,(H,22,25). The molecular weight excluding hydrogens is 317 g/mol. The molecule has 2 saturated heterocycles. The summed E-state index contributed by atoms with van der Waals surface area (Å²) >= 11 is 0. The molecule has 4 nitrogen and oxygen atoms in total. The molecule has 2 atom stereocenters. The Morgan fingerprint density at radius 2 is 1.96 bits per heavy atom. The molecular formula is C20H28FN3O. The molecule has 2 heterocycles. The van der Waals surface area contributed by atoms with Crippen LogP contribution in [0.4, 0.5) is 9.18 Å². The third-order valence-corrected chi connectivity index (χ3v) is 5.90. The summed E-state index contributed by atoms with van der Waals surface area (Å²) in [6.45, 7) is 3.70. The zero-order valence-corrected chi connectivity index (χ0v) is 14.8. The zero-order valence-electron chi connectivity index (χ0n) is 14.8. The second-order valence-corrected chi connectivity index (χ2v) is 7.95. The molecule has 0 spiro atoms. The Hall–Kier alpha value is -1.62. The van der Waals surface area contributed by atoms with Crippen LogP contribution in [-0.4, -0.2) is 47.5 Å². The number of amides is 2. The van der Waals surface area contributed by atoms with Gasteiger partial charge in [-0.15, -0.1) is 0 Å². The second-order valence-electron chi connectivity index (χ2n) is 7.95. The monoisotopic (exact) mass is 345 g/mol. The molecule has 2 amide bonds. The van der Waals surface area contributed by atoms with E-state index < -0.39 is 0 Å². The third kappa shape index (κ3) is 4.32. The van der Waals surface area contributed by atoms with Crippen molar-refractivity contribution < 1.29 is 9.18 Å². The number of rotatable bonds is 5. The van der Waals surface area contributed by atoms with Gasteiger partial charge in [-0.2, -0.15) is 0 Å². The Bertz CT molecular complexity index is 601. The molecule has 3 aliphatic rings. The summed E-state index contributed by atoms with van der Waals surface area (Å²) in [5, 5.41) is 3.28. The Balaban J connectivity index is 1.36. The van der Waals surface area contributed by atoms with E-state index in [1.54, 1.807) is 12.1 Å². The van der Waals surface area contributed by atoms with Crippen molar-refractivity contribution >= 4 is 6.03 Å². The topological polar surface area (TPSA) is 35.6 Å². The van der Waals surface area contributed by atoms with Gasteiger partial charge in [0.2, 0.25) is 0 Å². The van der Waals surface area contributed by atoms with E-state index in [4.69, 9.17) is 0 Å². The summed E-state index contributed by atoms with van der Waals surface area (Å²) in [4.78, 5) is 17.4. The lowest BCUT2D eigenvalue weighted by molar-refractivity contribution is 0.152. The number of benzene rings is 1. The molecule has 136 valence electrons. The van der Waals surface area contributed by atoms with Gasteiger partial charge in [0, 0.05) is 31.7 Å². The lowest BCUT2D eigenvalue weighted by Crippen LogP contribution is -2.51. The first-order valence-electron chi connectivity index (χ1n) is 9.71. The maximum atomic E-state index is 13.1. The van der Waals surface area contributed by atoms with Gasteiger partial charge < -0.3 is 15.1 Å². The Morgan fingerprint density at radius 1 is 1.16 bits per heavy atom. The highest BCUT2D eigenvalue weighted by atomic mass is 19.1. The van der Waals surface area contributed by atoms with Gasteiger partial charge in [0.25, 0.3) is 0 Å². The molecule has 0 bridgehead atoms. The van der Waals surface area contributed by atoms with Crippen LogP contribution in [0, 0.1) is 11.7 Å². The van der Waals surface area contributed by atoms with Crippen molar-refractivity contribution in [2.45, 2.75) is 57.2 Å². The van der Waals surface area contributed by atoms with Crippen molar-refractivity contribution in [3.63, 3.8) is 0 Å². The van der Waals surface area contributed by atoms with Crippen molar-refractivity contribution in [2.24, 2.45) is 5.92 Å². The van der Waals surface area contributed by atoms with Crippen molar-refractivity contribution in [1.82, 2.24) is 15.1 Å². The Labute approximate surface area is 149 Å². The summed E-state index contributed by atoms with van der Waals surface area (Å²) in [7, 11) is 0. The van der Waals surface area contributed by atoms with Crippen LogP contribution in [0.5, 0.6) is 0 Å². The quantitative estimate of drug-likeness (QED) is 0.888. The fourth-order valence-electron chi connectivity index (χ4n) is 4.26. The highest BCUT2D eigenvalue weighted by Crippen LogP contribution is 2.31. The molecule has 1 N–H and O–H groups in total. The van der Waals surface area contributed by atoms with E-state index in [0.717, 1.165) is 31.5 Å². The van der Waals surface area contributed by atoms with Crippen LogP contribution in [0.25, 0.3) is 0 Å². The van der Waals surface area contributed by atoms with E-state index in [-0.39, 0.29) is 11.8 Å². The van der Waals surface area contributed by atoms with E-state index in [2.05, 4.69) is 10.2 Å². The molecule has 2 aliphatic heterocycles. The fraction of sp³-hybridized carbons (Fsp3) is 0.650. The molecule has 2 unspecified atom stereocenters. The number of hydrogen-bond acceptors (Lipinski definition) is 2. The summed E-state index contributed by atoms with van der Waals surface area (Å²) < 4.78 is 13.1. The minimum Gasteiger partial charge on any atom is -0.335 e. The average Bonchev–Trinajstić information content (AvgIpc) is 3.30. The third-order valence-electron chi connectivity index (χ3n) is 5.90. The van der Waals surface area contributed by atoms with Gasteiger partial charge >= 0.3 is 6.03 Å². The number of nitrogens with one attached hydrogen (secondary N) is 1. The fourth-order valence-corrected chi connectivity index (χ4v) is 4.26. The van der Waals surface area contributed by atoms with Gasteiger partial charge in [-0.25, -0.2) is 9.18 Å². The van der Waals surface area contributed by atoms with Gasteiger partial charge in [-0.1, -0.05) is 12.1 Å². The van der Waals surface area contributed by atoms with Gasteiger partial charge in [0.05, 0.1) is 0 Å². The smallest absolute Gasteiger partial charge is 0.317 e. The molecule has 1 aromatic rings. The molecule has 1 aromatic carbocycles. The number of urea groups is 1. The number of nitrogens with zero attached hydrogens (tertiary/aromatic N) is 2.